The van der Waals surface area contributed by atoms with E-state index in [9.17, 15) is 9.59 Å². The third-order valence-electron chi connectivity index (χ3n) is 5.95. The lowest BCUT2D eigenvalue weighted by Gasteiger charge is -2.35. The molecule has 1 atom stereocenters. The molecule has 2 aliphatic heterocycles. The monoisotopic (exact) mass is 384 g/mol. The summed E-state index contributed by atoms with van der Waals surface area (Å²) in [6.07, 6.45) is 3.63. The summed E-state index contributed by atoms with van der Waals surface area (Å²) < 4.78 is 10.9. The lowest BCUT2D eigenvalue weighted by atomic mass is 10.1. The molecule has 0 aromatic carbocycles. The Morgan fingerprint density at radius 3 is 2.54 bits per heavy atom. The van der Waals surface area contributed by atoms with Gasteiger partial charge in [0.05, 0.1) is 16.6 Å². The number of aromatic nitrogens is 2. The molecular weight excluding hydrogens is 360 g/mol. The topological polar surface area (TPSA) is 88.8 Å². The molecule has 8 heteroatoms. The first-order valence-corrected chi connectivity index (χ1v) is 10.1. The van der Waals surface area contributed by atoms with Crippen molar-refractivity contribution in [3.05, 3.63) is 23.0 Å². The molecule has 28 heavy (non-hydrogen) atoms. The maximum Gasteiger partial charge on any atom is 0.259 e. The number of nitrogens with zero attached hydrogens (tertiary/aromatic N) is 4. The zero-order chi connectivity index (χ0) is 19.3. The number of pyridine rings is 1. The summed E-state index contributed by atoms with van der Waals surface area (Å²) in [6.45, 7) is 4.61. The second-order valence-electron chi connectivity index (χ2n) is 7.94. The van der Waals surface area contributed by atoms with Crippen molar-refractivity contribution < 1.29 is 18.8 Å². The predicted octanol–water partition coefficient (Wildman–Crippen LogP) is 1.87. The van der Waals surface area contributed by atoms with Crippen LogP contribution in [0.3, 0.4) is 0 Å². The molecule has 3 aliphatic rings. The number of piperazine rings is 1. The molecule has 0 spiro atoms. The third kappa shape index (κ3) is 3.05. The number of carbonyl (C=O) groups excluding carboxylic acids is 2. The molecule has 5 rings (SSSR count). The van der Waals surface area contributed by atoms with Crippen molar-refractivity contribution in [2.75, 3.05) is 32.8 Å². The minimum absolute atomic E-state index is 0.0372. The Hall–Kier alpha value is -2.48. The average Bonchev–Trinajstić information content (AvgIpc) is 3.30. The second-order valence-corrected chi connectivity index (χ2v) is 7.94. The smallest absolute Gasteiger partial charge is 0.259 e. The summed E-state index contributed by atoms with van der Waals surface area (Å²) in [5.41, 5.74) is 2.65. The summed E-state index contributed by atoms with van der Waals surface area (Å²) in [5, 5.41) is 4.71. The number of fused-ring (bicyclic) bond motifs is 1. The van der Waals surface area contributed by atoms with E-state index in [1.54, 1.807) is 0 Å². The number of ether oxygens (including phenoxy) is 1. The van der Waals surface area contributed by atoms with Gasteiger partial charge in [0.1, 0.15) is 6.10 Å². The fraction of sp³-hybridized carbons (Fsp3) is 0.600. The van der Waals surface area contributed by atoms with E-state index in [-0.39, 0.29) is 17.9 Å². The number of rotatable bonds is 3. The molecule has 1 unspecified atom stereocenters. The van der Waals surface area contributed by atoms with Crippen LogP contribution in [-0.4, -0.2) is 70.6 Å². The van der Waals surface area contributed by atoms with Gasteiger partial charge in [-0.1, -0.05) is 5.16 Å². The molecule has 1 aliphatic carbocycles. The van der Waals surface area contributed by atoms with Crippen molar-refractivity contribution in [2.45, 2.75) is 44.6 Å². The predicted molar refractivity (Wildman–Crippen MR) is 100.0 cm³/mol. The first kappa shape index (κ1) is 17.6. The molecule has 2 amide bonds. The van der Waals surface area contributed by atoms with Gasteiger partial charge >= 0.3 is 0 Å². The zero-order valence-corrected chi connectivity index (χ0v) is 16.0. The van der Waals surface area contributed by atoms with Crippen molar-refractivity contribution in [3.8, 4) is 0 Å². The molecule has 2 saturated heterocycles. The van der Waals surface area contributed by atoms with Crippen LogP contribution >= 0.6 is 0 Å². The quantitative estimate of drug-likeness (QED) is 0.803. The van der Waals surface area contributed by atoms with Crippen LogP contribution < -0.4 is 0 Å². The third-order valence-corrected chi connectivity index (χ3v) is 5.95. The van der Waals surface area contributed by atoms with Crippen molar-refractivity contribution in [1.29, 1.82) is 0 Å². The van der Waals surface area contributed by atoms with Crippen molar-refractivity contribution in [2.24, 2.45) is 0 Å². The fourth-order valence-electron chi connectivity index (χ4n) is 4.15. The van der Waals surface area contributed by atoms with Crippen LogP contribution in [0.4, 0.5) is 0 Å². The molecule has 4 heterocycles. The SMILES string of the molecule is Cc1noc2nc(C3CC3)cc(C(=O)N3CCN(C(=O)C4CCCO4)CC3)c12. The van der Waals surface area contributed by atoms with Crippen LogP contribution in [0.5, 0.6) is 0 Å². The van der Waals surface area contributed by atoms with Gasteiger partial charge in [-0.25, -0.2) is 4.98 Å². The van der Waals surface area contributed by atoms with E-state index >= 15 is 0 Å². The first-order chi connectivity index (χ1) is 13.6. The van der Waals surface area contributed by atoms with Gasteiger partial charge < -0.3 is 19.1 Å². The average molecular weight is 384 g/mol. The van der Waals surface area contributed by atoms with Crippen LogP contribution in [0.2, 0.25) is 0 Å². The van der Waals surface area contributed by atoms with Crippen LogP contribution in [0, 0.1) is 6.92 Å². The Labute approximate surface area is 162 Å². The Kier molecular flexibility index (Phi) is 4.30. The van der Waals surface area contributed by atoms with Crippen LogP contribution in [0.25, 0.3) is 11.1 Å². The molecule has 148 valence electrons. The van der Waals surface area contributed by atoms with Crippen LogP contribution in [0.15, 0.2) is 10.6 Å². The van der Waals surface area contributed by atoms with E-state index in [4.69, 9.17) is 9.26 Å². The Morgan fingerprint density at radius 1 is 1.11 bits per heavy atom. The Bertz CT molecular complexity index is 922. The number of hydrogen-bond acceptors (Lipinski definition) is 6. The van der Waals surface area contributed by atoms with E-state index in [0.717, 1.165) is 31.4 Å². The van der Waals surface area contributed by atoms with E-state index in [1.807, 2.05) is 22.8 Å². The number of aryl methyl sites for hydroxylation is 1. The zero-order valence-electron chi connectivity index (χ0n) is 16.0. The van der Waals surface area contributed by atoms with E-state index in [2.05, 4.69) is 10.1 Å². The number of amides is 2. The highest BCUT2D eigenvalue weighted by molar-refractivity contribution is 6.06. The summed E-state index contributed by atoms with van der Waals surface area (Å²) >= 11 is 0. The summed E-state index contributed by atoms with van der Waals surface area (Å²) in [4.78, 5) is 34.0. The van der Waals surface area contributed by atoms with Crippen molar-refractivity contribution in [3.63, 3.8) is 0 Å². The van der Waals surface area contributed by atoms with Gasteiger partial charge in [-0.15, -0.1) is 0 Å². The normalized spacial score (nSPS) is 22.8. The molecule has 0 radical (unpaired) electrons. The molecule has 2 aromatic rings. The lowest BCUT2D eigenvalue weighted by Crippen LogP contribution is -2.52. The minimum Gasteiger partial charge on any atom is -0.368 e. The van der Waals surface area contributed by atoms with Gasteiger partial charge in [0.15, 0.2) is 0 Å². The molecule has 0 N–H and O–H groups in total. The fourth-order valence-corrected chi connectivity index (χ4v) is 4.15. The van der Waals surface area contributed by atoms with Gasteiger partial charge in [-0.2, -0.15) is 0 Å². The van der Waals surface area contributed by atoms with Gasteiger partial charge in [0.2, 0.25) is 0 Å². The number of carbonyl (C=O) groups is 2. The molecule has 2 aromatic heterocycles. The standard InChI is InChI=1S/C20H24N4O4/c1-12-17-14(11-15(13-4-5-13)21-18(17)28-22-12)19(25)23-6-8-24(9-7-23)20(26)16-3-2-10-27-16/h11,13,16H,2-10H2,1H3. The Balaban J connectivity index is 1.34. The minimum atomic E-state index is -0.303. The maximum absolute atomic E-state index is 13.3. The summed E-state index contributed by atoms with van der Waals surface area (Å²) in [5.74, 6) is 0.439. The number of hydrogen-bond donors (Lipinski definition) is 0. The van der Waals surface area contributed by atoms with Crippen molar-refractivity contribution in [1.82, 2.24) is 19.9 Å². The molecular formula is C20H24N4O4. The van der Waals surface area contributed by atoms with E-state index in [0.29, 0.717) is 61.1 Å². The first-order valence-electron chi connectivity index (χ1n) is 10.1. The lowest BCUT2D eigenvalue weighted by molar-refractivity contribution is -0.142. The van der Waals surface area contributed by atoms with Gasteiger partial charge in [0, 0.05) is 44.4 Å². The van der Waals surface area contributed by atoms with Gasteiger partial charge in [-0.05, 0) is 38.7 Å². The van der Waals surface area contributed by atoms with Gasteiger partial charge in [-0.3, -0.25) is 9.59 Å². The van der Waals surface area contributed by atoms with Crippen LogP contribution in [-0.2, 0) is 9.53 Å². The summed E-state index contributed by atoms with van der Waals surface area (Å²) in [7, 11) is 0. The van der Waals surface area contributed by atoms with Crippen LogP contribution in [0.1, 0.15) is 53.3 Å². The van der Waals surface area contributed by atoms with E-state index < -0.39 is 0 Å². The molecule has 8 nitrogen and oxygen atoms in total. The largest absolute Gasteiger partial charge is 0.368 e. The highest BCUT2D eigenvalue weighted by atomic mass is 16.5. The summed E-state index contributed by atoms with van der Waals surface area (Å²) in [6, 6.07) is 1.91. The highest BCUT2D eigenvalue weighted by Gasteiger charge is 2.33. The highest BCUT2D eigenvalue weighted by Crippen LogP contribution is 2.40. The molecule has 1 saturated carbocycles. The Morgan fingerprint density at radius 2 is 1.86 bits per heavy atom. The maximum atomic E-state index is 13.3. The van der Waals surface area contributed by atoms with Crippen molar-refractivity contribution >= 4 is 22.9 Å². The molecule has 0 bridgehead atoms. The van der Waals surface area contributed by atoms with E-state index in [1.165, 1.54) is 0 Å². The van der Waals surface area contributed by atoms with Gasteiger partial charge in [0.25, 0.3) is 17.5 Å². The second kappa shape index (κ2) is 6.84. The molecule has 3 fully saturated rings.